The molecule has 2 atom stereocenters. The van der Waals surface area contributed by atoms with Crippen LogP contribution in [0.1, 0.15) is 32.6 Å². The van der Waals surface area contributed by atoms with Gasteiger partial charge < -0.3 is 4.74 Å². The van der Waals surface area contributed by atoms with Crippen LogP contribution in [-0.4, -0.2) is 58.6 Å². The molecule has 8 heteroatoms. The molecule has 3 rings (SSSR count). The summed E-state index contributed by atoms with van der Waals surface area (Å²) in [6.45, 7) is 4.05. The van der Waals surface area contributed by atoms with Crippen LogP contribution in [0.15, 0.2) is 4.34 Å². The molecule has 1 saturated carbocycles. The van der Waals surface area contributed by atoms with Crippen molar-refractivity contribution in [2.24, 2.45) is 0 Å². The lowest BCUT2D eigenvalue weighted by Gasteiger charge is -2.43. The zero-order valence-electron chi connectivity index (χ0n) is 12.8. The van der Waals surface area contributed by atoms with E-state index in [0.717, 1.165) is 36.1 Å². The second-order valence-electron chi connectivity index (χ2n) is 5.59. The normalized spacial score (nSPS) is 25.7. The Bertz CT molecular complexity index is 509. The van der Waals surface area contributed by atoms with E-state index in [1.807, 2.05) is 0 Å². The Kier molecular flexibility index (Phi) is 5.67. The molecule has 22 heavy (non-hydrogen) atoms. The van der Waals surface area contributed by atoms with E-state index in [-0.39, 0.29) is 5.91 Å². The fourth-order valence-electron chi connectivity index (χ4n) is 3.16. The average molecular weight is 342 g/mol. The molecule has 2 fully saturated rings. The van der Waals surface area contributed by atoms with Gasteiger partial charge in [0, 0.05) is 12.6 Å². The van der Waals surface area contributed by atoms with Crippen molar-refractivity contribution in [3.05, 3.63) is 0 Å². The number of ether oxygens (including phenoxy) is 1. The molecule has 0 radical (unpaired) electrons. The highest BCUT2D eigenvalue weighted by atomic mass is 32.2. The van der Waals surface area contributed by atoms with Gasteiger partial charge in [-0.05, 0) is 18.6 Å². The minimum Gasteiger partial charge on any atom is -0.375 e. The minimum absolute atomic E-state index is 0.00424. The summed E-state index contributed by atoms with van der Waals surface area (Å²) in [5, 5.41) is 11.5. The van der Waals surface area contributed by atoms with Crippen molar-refractivity contribution in [2.45, 2.75) is 49.1 Å². The van der Waals surface area contributed by atoms with Gasteiger partial charge in [-0.15, -0.1) is 10.2 Å². The van der Waals surface area contributed by atoms with E-state index in [4.69, 9.17) is 4.74 Å². The van der Waals surface area contributed by atoms with Crippen LogP contribution in [0, 0.1) is 0 Å². The van der Waals surface area contributed by atoms with Gasteiger partial charge in [0.05, 0.1) is 19.3 Å². The third-order valence-electron chi connectivity index (χ3n) is 4.11. The van der Waals surface area contributed by atoms with Crippen LogP contribution in [0.2, 0.25) is 0 Å². The van der Waals surface area contributed by atoms with Gasteiger partial charge in [0.25, 0.3) is 0 Å². The summed E-state index contributed by atoms with van der Waals surface area (Å²) in [5.74, 6) is 0.954. The smallest absolute Gasteiger partial charge is 0.240 e. The van der Waals surface area contributed by atoms with E-state index in [2.05, 4.69) is 27.3 Å². The van der Waals surface area contributed by atoms with Gasteiger partial charge in [0.2, 0.25) is 11.0 Å². The summed E-state index contributed by atoms with van der Waals surface area (Å²) in [6, 6.07) is 0.397. The zero-order chi connectivity index (χ0) is 15.4. The topological polar surface area (TPSA) is 67.4 Å². The SMILES string of the molecule is CCSc1nnc(NC(=O)CN2CCO[C@@H]3CCCC[C@H]32)s1. The number of rotatable bonds is 5. The van der Waals surface area contributed by atoms with Crippen molar-refractivity contribution in [3.63, 3.8) is 0 Å². The Morgan fingerprint density at radius 3 is 3.18 bits per heavy atom. The summed E-state index contributed by atoms with van der Waals surface area (Å²) < 4.78 is 6.75. The Hall–Kier alpha value is -0.700. The van der Waals surface area contributed by atoms with Gasteiger partial charge in [-0.1, -0.05) is 42.9 Å². The Morgan fingerprint density at radius 1 is 1.45 bits per heavy atom. The van der Waals surface area contributed by atoms with E-state index in [0.29, 0.717) is 23.8 Å². The number of thioether (sulfide) groups is 1. The quantitative estimate of drug-likeness (QED) is 0.654. The highest BCUT2D eigenvalue weighted by Gasteiger charge is 2.34. The number of nitrogens with one attached hydrogen (secondary N) is 1. The molecule has 1 aliphatic heterocycles. The predicted molar refractivity (Wildman–Crippen MR) is 88.5 cm³/mol. The highest BCUT2D eigenvalue weighted by molar-refractivity contribution is 8.01. The number of aromatic nitrogens is 2. The molecule has 2 heterocycles. The van der Waals surface area contributed by atoms with Crippen molar-refractivity contribution in [1.82, 2.24) is 15.1 Å². The van der Waals surface area contributed by atoms with Crippen molar-refractivity contribution in [2.75, 3.05) is 30.8 Å². The van der Waals surface area contributed by atoms with Crippen LogP contribution in [0.25, 0.3) is 0 Å². The number of fused-ring (bicyclic) bond motifs is 1. The molecule has 0 spiro atoms. The maximum Gasteiger partial charge on any atom is 0.240 e. The van der Waals surface area contributed by atoms with Crippen LogP contribution < -0.4 is 5.32 Å². The first-order valence-corrected chi connectivity index (χ1v) is 9.68. The zero-order valence-corrected chi connectivity index (χ0v) is 14.4. The van der Waals surface area contributed by atoms with Gasteiger partial charge in [0.15, 0.2) is 4.34 Å². The number of carbonyl (C=O) groups is 1. The maximum absolute atomic E-state index is 12.3. The first kappa shape index (κ1) is 16.2. The highest BCUT2D eigenvalue weighted by Crippen LogP contribution is 2.28. The van der Waals surface area contributed by atoms with E-state index >= 15 is 0 Å². The summed E-state index contributed by atoms with van der Waals surface area (Å²) in [6.07, 6.45) is 5.04. The van der Waals surface area contributed by atoms with Gasteiger partial charge in [-0.2, -0.15) is 0 Å². The molecule has 2 aliphatic rings. The van der Waals surface area contributed by atoms with Gasteiger partial charge in [-0.25, -0.2) is 0 Å². The number of hydrogen-bond acceptors (Lipinski definition) is 7. The van der Waals surface area contributed by atoms with Gasteiger partial charge >= 0.3 is 0 Å². The number of morpholine rings is 1. The maximum atomic E-state index is 12.3. The lowest BCUT2D eigenvalue weighted by atomic mass is 9.90. The fourth-order valence-corrected chi connectivity index (χ4v) is 4.82. The molecule has 1 aromatic rings. The van der Waals surface area contributed by atoms with Crippen LogP contribution in [0.3, 0.4) is 0 Å². The second kappa shape index (κ2) is 7.72. The van der Waals surface area contributed by atoms with E-state index < -0.39 is 0 Å². The number of nitrogens with zero attached hydrogens (tertiary/aromatic N) is 3. The number of hydrogen-bond donors (Lipinski definition) is 1. The monoisotopic (exact) mass is 342 g/mol. The lowest BCUT2D eigenvalue weighted by Crippen LogP contribution is -2.54. The molecular formula is C14H22N4O2S2. The van der Waals surface area contributed by atoms with Crippen molar-refractivity contribution >= 4 is 34.1 Å². The van der Waals surface area contributed by atoms with Crippen LogP contribution in [0.4, 0.5) is 5.13 Å². The fraction of sp³-hybridized carbons (Fsp3) is 0.786. The molecule has 0 aromatic carbocycles. The lowest BCUT2D eigenvalue weighted by molar-refractivity contribution is -0.124. The molecule has 1 saturated heterocycles. The number of amides is 1. The molecule has 1 N–H and O–H groups in total. The van der Waals surface area contributed by atoms with E-state index in [1.165, 1.54) is 24.2 Å². The largest absolute Gasteiger partial charge is 0.375 e. The first-order valence-electron chi connectivity index (χ1n) is 7.88. The average Bonchev–Trinajstić information content (AvgIpc) is 2.95. The standard InChI is InChI=1S/C14H22N4O2S2/c1-2-21-14-17-16-13(22-14)15-12(19)9-18-7-8-20-11-6-4-3-5-10(11)18/h10-11H,2-9H2,1H3,(H,15,16,19)/t10-,11-/m1/s1. The van der Waals surface area contributed by atoms with Crippen LogP contribution in [-0.2, 0) is 9.53 Å². The predicted octanol–water partition coefficient (Wildman–Crippen LogP) is 2.23. The first-order chi connectivity index (χ1) is 10.8. The van der Waals surface area contributed by atoms with E-state index in [1.54, 1.807) is 11.8 Å². The van der Waals surface area contributed by atoms with Crippen LogP contribution in [0.5, 0.6) is 0 Å². The minimum atomic E-state index is -0.00424. The summed E-state index contributed by atoms with van der Waals surface area (Å²) in [5.41, 5.74) is 0. The number of anilines is 1. The summed E-state index contributed by atoms with van der Waals surface area (Å²) >= 11 is 3.08. The molecule has 122 valence electrons. The van der Waals surface area contributed by atoms with E-state index in [9.17, 15) is 4.79 Å². The van der Waals surface area contributed by atoms with Gasteiger partial charge in [-0.3, -0.25) is 15.0 Å². The molecular weight excluding hydrogens is 320 g/mol. The van der Waals surface area contributed by atoms with Crippen molar-refractivity contribution in [3.8, 4) is 0 Å². The number of carbonyl (C=O) groups excluding carboxylic acids is 1. The van der Waals surface area contributed by atoms with Gasteiger partial charge in [0.1, 0.15) is 0 Å². The molecule has 6 nitrogen and oxygen atoms in total. The summed E-state index contributed by atoms with van der Waals surface area (Å²) in [7, 11) is 0. The molecule has 0 bridgehead atoms. The second-order valence-corrected chi connectivity index (χ2v) is 8.07. The molecule has 1 amide bonds. The molecule has 1 aromatic heterocycles. The summed E-state index contributed by atoms with van der Waals surface area (Å²) in [4.78, 5) is 14.5. The third kappa shape index (κ3) is 3.98. The Morgan fingerprint density at radius 2 is 2.32 bits per heavy atom. The Balaban J connectivity index is 1.53. The molecule has 0 unspecified atom stereocenters. The Labute approximate surface area is 139 Å². The van der Waals surface area contributed by atoms with Crippen molar-refractivity contribution in [1.29, 1.82) is 0 Å². The van der Waals surface area contributed by atoms with Crippen LogP contribution >= 0.6 is 23.1 Å². The third-order valence-corrected chi connectivity index (χ3v) is 5.97. The molecule has 1 aliphatic carbocycles. The van der Waals surface area contributed by atoms with Crippen molar-refractivity contribution < 1.29 is 9.53 Å².